The van der Waals surface area contributed by atoms with Crippen LogP contribution in [0.4, 0.5) is 11.4 Å². The van der Waals surface area contributed by atoms with Gasteiger partial charge in [0.25, 0.3) is 0 Å². The lowest BCUT2D eigenvalue weighted by Crippen LogP contribution is -2.52. The maximum Gasteiger partial charge on any atom is 0.338 e. The Kier molecular flexibility index (Phi) is 6.01. The Labute approximate surface area is 194 Å². The molecule has 2 aliphatic rings. The molecule has 3 N–H and O–H groups in total. The first-order valence-corrected chi connectivity index (χ1v) is 11.5. The van der Waals surface area contributed by atoms with Crippen molar-refractivity contribution >= 4 is 29.2 Å². The molecule has 2 aromatic carbocycles. The predicted molar refractivity (Wildman–Crippen MR) is 127 cm³/mol. The summed E-state index contributed by atoms with van der Waals surface area (Å²) in [6, 6.07) is 10.7. The minimum absolute atomic E-state index is 0.0180. The van der Waals surface area contributed by atoms with Crippen molar-refractivity contribution in [2.75, 3.05) is 17.2 Å². The Morgan fingerprint density at radius 3 is 2.52 bits per heavy atom. The van der Waals surface area contributed by atoms with Crippen LogP contribution in [0.2, 0.25) is 0 Å². The van der Waals surface area contributed by atoms with E-state index in [1.54, 1.807) is 31.2 Å². The highest BCUT2D eigenvalue weighted by molar-refractivity contribution is 6.11. The minimum atomic E-state index is -1.12. The van der Waals surface area contributed by atoms with Gasteiger partial charge in [0.2, 0.25) is 11.8 Å². The van der Waals surface area contributed by atoms with Gasteiger partial charge in [0, 0.05) is 23.0 Å². The van der Waals surface area contributed by atoms with Crippen LogP contribution in [0.3, 0.4) is 0 Å². The molecule has 4 rings (SSSR count). The molecule has 1 fully saturated rings. The largest absolute Gasteiger partial charge is 0.462 e. The molecule has 33 heavy (non-hydrogen) atoms. The molecule has 7 heteroatoms. The van der Waals surface area contributed by atoms with Gasteiger partial charge in [-0.3, -0.25) is 14.9 Å². The third-order valence-corrected chi connectivity index (χ3v) is 6.71. The monoisotopic (exact) mass is 449 g/mol. The van der Waals surface area contributed by atoms with Gasteiger partial charge < -0.3 is 15.4 Å². The first-order valence-electron chi connectivity index (χ1n) is 11.5. The summed E-state index contributed by atoms with van der Waals surface area (Å²) >= 11 is 0. The van der Waals surface area contributed by atoms with Crippen LogP contribution in [0.5, 0.6) is 0 Å². The van der Waals surface area contributed by atoms with E-state index in [-0.39, 0.29) is 23.8 Å². The number of ether oxygens (including phenoxy) is 1. The lowest BCUT2D eigenvalue weighted by Gasteiger charge is -2.30. The number of amides is 2. The van der Waals surface area contributed by atoms with Crippen molar-refractivity contribution in [2.45, 2.75) is 52.6 Å². The Hall–Kier alpha value is -3.19. The van der Waals surface area contributed by atoms with Crippen LogP contribution in [0, 0.1) is 25.7 Å². The van der Waals surface area contributed by atoms with Crippen LogP contribution in [0.1, 0.15) is 54.2 Å². The van der Waals surface area contributed by atoms with Crippen molar-refractivity contribution < 1.29 is 19.1 Å². The quantitative estimate of drug-likeness (QED) is 0.602. The van der Waals surface area contributed by atoms with E-state index in [2.05, 4.69) is 29.8 Å². The lowest BCUT2D eigenvalue weighted by molar-refractivity contribution is -0.130. The molecular formula is C26H31N3O4. The zero-order valence-corrected chi connectivity index (χ0v) is 19.7. The number of rotatable bonds is 5. The second-order valence-corrected chi connectivity index (χ2v) is 9.34. The Morgan fingerprint density at radius 2 is 1.88 bits per heavy atom. The van der Waals surface area contributed by atoms with Gasteiger partial charge in [-0.25, -0.2) is 4.79 Å². The number of carbonyl (C=O) groups excluding carboxylic acids is 3. The van der Waals surface area contributed by atoms with Crippen LogP contribution >= 0.6 is 0 Å². The number of carbonyl (C=O) groups is 3. The summed E-state index contributed by atoms with van der Waals surface area (Å²) in [4.78, 5) is 38.9. The molecule has 3 unspecified atom stereocenters. The summed E-state index contributed by atoms with van der Waals surface area (Å²) in [6.07, 6.45) is 0.546. The van der Waals surface area contributed by atoms with Crippen LogP contribution in [0.15, 0.2) is 36.4 Å². The molecule has 3 atom stereocenters. The first-order chi connectivity index (χ1) is 15.7. The van der Waals surface area contributed by atoms with Crippen molar-refractivity contribution in [1.29, 1.82) is 0 Å². The lowest BCUT2D eigenvalue weighted by atomic mass is 9.78. The highest BCUT2D eigenvalue weighted by atomic mass is 16.5. The van der Waals surface area contributed by atoms with Gasteiger partial charge in [-0.05, 0) is 62.9 Å². The highest BCUT2D eigenvalue weighted by Crippen LogP contribution is 2.49. The number of aryl methyl sites for hydroxylation is 2. The average Bonchev–Trinajstić information content (AvgIpc) is 3.30. The minimum Gasteiger partial charge on any atom is -0.462 e. The number of fused-ring (bicyclic) bond motifs is 2. The van der Waals surface area contributed by atoms with Gasteiger partial charge in [0.15, 0.2) is 0 Å². The third-order valence-electron chi connectivity index (χ3n) is 6.71. The van der Waals surface area contributed by atoms with Crippen molar-refractivity contribution in [3.8, 4) is 0 Å². The Balaban J connectivity index is 1.67. The number of esters is 1. The van der Waals surface area contributed by atoms with Crippen LogP contribution in [0.25, 0.3) is 0 Å². The van der Waals surface area contributed by atoms with Gasteiger partial charge in [-0.1, -0.05) is 31.5 Å². The van der Waals surface area contributed by atoms with Gasteiger partial charge in [0.1, 0.15) is 5.54 Å². The van der Waals surface area contributed by atoms with Crippen LogP contribution < -0.4 is 16.0 Å². The van der Waals surface area contributed by atoms with Crippen LogP contribution in [-0.4, -0.2) is 30.4 Å². The zero-order chi connectivity index (χ0) is 23.9. The molecule has 2 aromatic rings. The van der Waals surface area contributed by atoms with E-state index in [9.17, 15) is 14.4 Å². The molecule has 2 heterocycles. The molecule has 1 saturated heterocycles. The van der Waals surface area contributed by atoms with Gasteiger partial charge >= 0.3 is 5.97 Å². The van der Waals surface area contributed by atoms with Crippen molar-refractivity contribution in [3.05, 3.63) is 58.7 Å². The maximum absolute atomic E-state index is 13.6. The zero-order valence-electron chi connectivity index (χ0n) is 19.7. The smallest absolute Gasteiger partial charge is 0.338 e. The van der Waals surface area contributed by atoms with E-state index in [4.69, 9.17) is 4.74 Å². The van der Waals surface area contributed by atoms with E-state index in [1.807, 2.05) is 26.0 Å². The summed E-state index contributed by atoms with van der Waals surface area (Å²) in [6.45, 7) is 10.2. The molecular weight excluding hydrogens is 418 g/mol. The number of hydrogen-bond acceptors (Lipinski definition) is 5. The predicted octanol–water partition coefficient (Wildman–Crippen LogP) is 3.90. The summed E-state index contributed by atoms with van der Waals surface area (Å²) in [5.41, 5.74) is 3.53. The molecule has 7 nitrogen and oxygen atoms in total. The van der Waals surface area contributed by atoms with Crippen molar-refractivity contribution in [1.82, 2.24) is 5.32 Å². The summed E-state index contributed by atoms with van der Waals surface area (Å²) in [5.74, 6) is -1.15. The topological polar surface area (TPSA) is 96.5 Å². The van der Waals surface area contributed by atoms with Crippen LogP contribution in [-0.2, 0) is 19.9 Å². The SMILES string of the molecule is CCOC(=O)c1ccc(NC(=O)C2CC(C(C)C)NC23C(=O)Nc2c(C)cc(C)cc23)cc1. The fourth-order valence-corrected chi connectivity index (χ4v) is 5.03. The second-order valence-electron chi connectivity index (χ2n) is 9.34. The highest BCUT2D eigenvalue weighted by Gasteiger charge is 2.60. The van der Waals surface area contributed by atoms with E-state index < -0.39 is 17.4 Å². The number of nitrogens with one attached hydrogen (secondary N) is 3. The summed E-state index contributed by atoms with van der Waals surface area (Å²) in [5, 5.41) is 9.54. The van der Waals surface area contributed by atoms with Gasteiger partial charge in [-0.15, -0.1) is 0 Å². The normalized spacial score (nSPS) is 23.5. The number of anilines is 2. The number of benzene rings is 2. The van der Waals surface area contributed by atoms with Gasteiger partial charge in [0.05, 0.1) is 18.1 Å². The number of hydrogen-bond donors (Lipinski definition) is 3. The van der Waals surface area contributed by atoms with E-state index in [0.717, 1.165) is 22.4 Å². The standard InChI is InChI=1S/C26H31N3O4/c1-6-33-24(31)17-7-9-18(10-8-17)27-23(30)20-13-21(14(2)3)29-26(20)19-12-15(4)11-16(5)22(19)28-25(26)32/h7-12,14,20-21,29H,6,13H2,1-5H3,(H,27,30)(H,28,32). The molecule has 0 aliphatic carbocycles. The first kappa shape index (κ1) is 23.0. The summed E-state index contributed by atoms with van der Waals surface area (Å²) < 4.78 is 5.01. The van der Waals surface area contributed by atoms with E-state index in [0.29, 0.717) is 24.3 Å². The van der Waals surface area contributed by atoms with Crippen molar-refractivity contribution in [3.63, 3.8) is 0 Å². The summed E-state index contributed by atoms with van der Waals surface area (Å²) in [7, 11) is 0. The Morgan fingerprint density at radius 1 is 1.18 bits per heavy atom. The molecule has 1 spiro atoms. The molecule has 0 radical (unpaired) electrons. The molecule has 0 saturated carbocycles. The molecule has 174 valence electrons. The Bertz CT molecular complexity index is 1110. The fraction of sp³-hybridized carbons (Fsp3) is 0.423. The van der Waals surface area contributed by atoms with Crippen molar-refractivity contribution in [2.24, 2.45) is 11.8 Å². The molecule has 2 aliphatic heterocycles. The average molecular weight is 450 g/mol. The fourth-order valence-electron chi connectivity index (χ4n) is 5.03. The van der Waals surface area contributed by atoms with E-state index >= 15 is 0 Å². The van der Waals surface area contributed by atoms with E-state index in [1.165, 1.54) is 0 Å². The van der Waals surface area contributed by atoms with Gasteiger partial charge in [-0.2, -0.15) is 0 Å². The molecule has 2 amide bonds. The molecule has 0 aromatic heterocycles. The second kappa shape index (κ2) is 8.63. The maximum atomic E-state index is 13.6. The molecule has 0 bridgehead atoms. The third kappa shape index (κ3) is 3.91.